The van der Waals surface area contributed by atoms with Gasteiger partial charge in [-0.15, -0.1) is 0 Å². The molecule has 1 aromatic heterocycles. The molecule has 96 valence electrons. The van der Waals surface area contributed by atoms with Crippen molar-refractivity contribution < 1.29 is 4.52 Å². The van der Waals surface area contributed by atoms with E-state index in [1.807, 2.05) is 13.0 Å². The predicted molar refractivity (Wildman–Crippen MR) is 73.1 cm³/mol. The summed E-state index contributed by atoms with van der Waals surface area (Å²) in [5.74, 6) is 1.39. The molecule has 0 saturated carbocycles. The molecule has 0 amide bonds. The minimum atomic E-state index is -0.119. The monoisotopic (exact) mass is 244 g/mol. The third kappa shape index (κ3) is 2.99. The number of nitrogens with zero attached hydrogens (tertiary/aromatic N) is 1. The van der Waals surface area contributed by atoms with Crippen LogP contribution in [0.4, 0.5) is 0 Å². The summed E-state index contributed by atoms with van der Waals surface area (Å²) >= 11 is 0. The summed E-state index contributed by atoms with van der Waals surface area (Å²) in [5.41, 5.74) is 9.02. The van der Waals surface area contributed by atoms with Gasteiger partial charge < -0.3 is 10.3 Å². The van der Waals surface area contributed by atoms with E-state index in [1.165, 1.54) is 5.56 Å². The molecule has 0 aliphatic carbocycles. The van der Waals surface area contributed by atoms with Gasteiger partial charge >= 0.3 is 0 Å². The fourth-order valence-corrected chi connectivity index (χ4v) is 1.92. The van der Waals surface area contributed by atoms with Crippen LogP contribution in [0.1, 0.15) is 38.1 Å². The minimum absolute atomic E-state index is 0.119. The number of nitrogens with two attached hydrogens (primary N) is 1. The molecule has 1 aromatic carbocycles. The fourth-order valence-electron chi connectivity index (χ4n) is 1.92. The normalized spacial score (nSPS) is 12.9. The molecule has 3 heteroatoms. The van der Waals surface area contributed by atoms with Crippen molar-refractivity contribution in [1.82, 2.24) is 5.16 Å². The van der Waals surface area contributed by atoms with Crippen LogP contribution in [0.2, 0.25) is 0 Å². The van der Waals surface area contributed by atoms with Gasteiger partial charge in [-0.2, -0.15) is 0 Å². The second-order valence-electron chi connectivity index (χ2n) is 5.20. The van der Waals surface area contributed by atoms with E-state index in [2.05, 4.69) is 43.3 Å². The molecule has 2 rings (SSSR count). The van der Waals surface area contributed by atoms with Gasteiger partial charge in [0.2, 0.25) is 0 Å². The molecule has 1 heterocycles. The number of hydrogen-bond donors (Lipinski definition) is 1. The summed E-state index contributed by atoms with van der Waals surface area (Å²) in [6.45, 7) is 6.33. The van der Waals surface area contributed by atoms with Gasteiger partial charge in [0.15, 0.2) is 5.76 Å². The van der Waals surface area contributed by atoms with Crippen LogP contribution >= 0.6 is 0 Å². The second kappa shape index (κ2) is 5.36. The summed E-state index contributed by atoms with van der Waals surface area (Å²) in [6.07, 6.45) is 1.10. The van der Waals surface area contributed by atoms with Gasteiger partial charge in [-0.3, -0.25) is 0 Å². The van der Waals surface area contributed by atoms with Crippen LogP contribution in [0, 0.1) is 5.92 Å². The van der Waals surface area contributed by atoms with Crippen molar-refractivity contribution in [2.45, 2.75) is 33.2 Å². The molecule has 0 bridgehead atoms. The van der Waals surface area contributed by atoms with E-state index >= 15 is 0 Å². The van der Waals surface area contributed by atoms with Gasteiger partial charge in [-0.05, 0) is 24.8 Å². The maximum Gasteiger partial charge on any atom is 0.153 e. The third-order valence-corrected chi connectivity index (χ3v) is 2.87. The van der Waals surface area contributed by atoms with E-state index < -0.39 is 0 Å². The van der Waals surface area contributed by atoms with Crippen LogP contribution in [0.5, 0.6) is 0 Å². The smallest absolute Gasteiger partial charge is 0.153 e. The maximum atomic E-state index is 5.75. The Bertz CT molecular complexity index is 497. The Morgan fingerprint density at radius 3 is 2.33 bits per heavy atom. The summed E-state index contributed by atoms with van der Waals surface area (Å²) in [7, 11) is 0. The molecule has 2 aromatic rings. The summed E-state index contributed by atoms with van der Waals surface area (Å²) < 4.78 is 5.20. The van der Waals surface area contributed by atoms with Crippen molar-refractivity contribution in [3.63, 3.8) is 0 Å². The molecule has 1 unspecified atom stereocenters. The molecular formula is C15H20N2O. The predicted octanol–water partition coefficient (Wildman–Crippen LogP) is 3.56. The van der Waals surface area contributed by atoms with Gasteiger partial charge in [0.05, 0.1) is 6.04 Å². The average Bonchev–Trinajstić information content (AvgIpc) is 2.78. The number of aromatic nitrogens is 1. The van der Waals surface area contributed by atoms with Crippen molar-refractivity contribution in [1.29, 1.82) is 0 Å². The Labute approximate surface area is 108 Å². The highest BCUT2D eigenvalue weighted by molar-refractivity contribution is 5.59. The molecule has 3 nitrogen and oxygen atoms in total. The molecule has 0 spiro atoms. The van der Waals surface area contributed by atoms with E-state index in [9.17, 15) is 0 Å². The van der Waals surface area contributed by atoms with Gasteiger partial charge in [0.25, 0.3) is 0 Å². The fraction of sp³-hybridized carbons (Fsp3) is 0.400. The van der Waals surface area contributed by atoms with Gasteiger partial charge in [-0.1, -0.05) is 43.3 Å². The topological polar surface area (TPSA) is 52.0 Å². The van der Waals surface area contributed by atoms with Crippen molar-refractivity contribution in [2.75, 3.05) is 0 Å². The molecule has 0 radical (unpaired) electrons. The van der Waals surface area contributed by atoms with Crippen LogP contribution < -0.4 is 5.73 Å². The lowest BCUT2D eigenvalue weighted by Crippen LogP contribution is -2.02. The first-order valence-electron chi connectivity index (χ1n) is 6.37. The van der Waals surface area contributed by atoms with Crippen molar-refractivity contribution >= 4 is 0 Å². The first-order chi connectivity index (χ1) is 8.56. The number of benzene rings is 1. The molecule has 1 atom stereocenters. The highest BCUT2D eigenvalue weighted by atomic mass is 16.5. The molecule has 0 aliphatic rings. The van der Waals surface area contributed by atoms with E-state index in [0.717, 1.165) is 23.4 Å². The quantitative estimate of drug-likeness (QED) is 0.894. The zero-order valence-corrected chi connectivity index (χ0v) is 11.2. The molecule has 2 N–H and O–H groups in total. The number of hydrogen-bond acceptors (Lipinski definition) is 3. The molecule has 18 heavy (non-hydrogen) atoms. The van der Waals surface area contributed by atoms with Gasteiger partial charge in [0.1, 0.15) is 5.69 Å². The largest absolute Gasteiger partial charge is 0.359 e. The lowest BCUT2D eigenvalue weighted by Gasteiger charge is -2.05. The maximum absolute atomic E-state index is 5.75. The summed E-state index contributed by atoms with van der Waals surface area (Å²) in [5, 5.41) is 4.04. The van der Waals surface area contributed by atoms with Crippen molar-refractivity contribution in [3.05, 3.63) is 41.7 Å². The van der Waals surface area contributed by atoms with Crippen molar-refractivity contribution in [3.8, 4) is 11.3 Å². The second-order valence-corrected chi connectivity index (χ2v) is 5.20. The Morgan fingerprint density at radius 1 is 1.17 bits per heavy atom. The summed E-state index contributed by atoms with van der Waals surface area (Å²) in [6, 6.07) is 10.3. The van der Waals surface area contributed by atoms with E-state index in [1.54, 1.807) is 0 Å². The van der Waals surface area contributed by atoms with E-state index in [0.29, 0.717) is 5.92 Å². The van der Waals surface area contributed by atoms with Crippen LogP contribution in [0.25, 0.3) is 11.3 Å². The first kappa shape index (κ1) is 12.8. The zero-order chi connectivity index (χ0) is 13.1. The van der Waals surface area contributed by atoms with E-state index in [-0.39, 0.29) is 6.04 Å². The SMILES string of the molecule is CC(C)Cc1ccc(-c2cc(C(C)N)on2)cc1. The third-order valence-electron chi connectivity index (χ3n) is 2.87. The lowest BCUT2D eigenvalue weighted by atomic mass is 10.0. The average molecular weight is 244 g/mol. The van der Waals surface area contributed by atoms with Crippen molar-refractivity contribution in [2.24, 2.45) is 11.7 Å². The van der Waals surface area contributed by atoms with Crippen LogP contribution in [0.15, 0.2) is 34.9 Å². The summed E-state index contributed by atoms with van der Waals surface area (Å²) in [4.78, 5) is 0. The molecule has 0 aliphatic heterocycles. The Kier molecular flexibility index (Phi) is 3.82. The molecule has 0 fully saturated rings. The molecular weight excluding hydrogens is 224 g/mol. The Balaban J connectivity index is 2.17. The van der Waals surface area contributed by atoms with Crippen LogP contribution in [-0.2, 0) is 6.42 Å². The van der Waals surface area contributed by atoms with Crippen LogP contribution in [0.3, 0.4) is 0 Å². The van der Waals surface area contributed by atoms with Gasteiger partial charge in [-0.25, -0.2) is 0 Å². The van der Waals surface area contributed by atoms with E-state index in [4.69, 9.17) is 10.3 Å². The highest BCUT2D eigenvalue weighted by Gasteiger charge is 2.09. The lowest BCUT2D eigenvalue weighted by molar-refractivity contribution is 0.369. The minimum Gasteiger partial charge on any atom is -0.359 e. The van der Waals surface area contributed by atoms with Gasteiger partial charge in [0, 0.05) is 11.6 Å². The Hall–Kier alpha value is -1.61. The number of rotatable bonds is 4. The highest BCUT2D eigenvalue weighted by Crippen LogP contribution is 2.22. The Morgan fingerprint density at radius 2 is 1.83 bits per heavy atom. The van der Waals surface area contributed by atoms with Crippen LogP contribution in [-0.4, -0.2) is 5.16 Å². The zero-order valence-electron chi connectivity index (χ0n) is 11.2. The first-order valence-corrected chi connectivity index (χ1v) is 6.37. The standard InChI is InChI=1S/C15H20N2O/c1-10(2)8-12-4-6-13(7-5-12)14-9-15(11(3)16)18-17-14/h4-7,9-11H,8,16H2,1-3H3. The molecule has 0 saturated heterocycles.